The molecule has 0 bridgehead atoms. The Morgan fingerprint density at radius 1 is 1.36 bits per heavy atom. The zero-order valence-corrected chi connectivity index (χ0v) is 10.1. The van der Waals surface area contributed by atoms with Crippen molar-refractivity contribution < 1.29 is 0 Å². The van der Waals surface area contributed by atoms with Crippen LogP contribution in [0.25, 0.3) is 0 Å². The van der Waals surface area contributed by atoms with Crippen molar-refractivity contribution in [3.63, 3.8) is 0 Å². The summed E-state index contributed by atoms with van der Waals surface area (Å²) >= 11 is 3.53. The van der Waals surface area contributed by atoms with Gasteiger partial charge in [-0.3, -0.25) is 0 Å². The van der Waals surface area contributed by atoms with Crippen LogP contribution in [0, 0.1) is 12.3 Å². The summed E-state index contributed by atoms with van der Waals surface area (Å²) in [5.41, 5.74) is 8.96. The highest BCUT2D eigenvalue weighted by atomic mass is 79.9. The Kier molecular flexibility index (Phi) is 2.67. The first-order valence-electron chi connectivity index (χ1n) is 5.10. The number of hydrogen-bond acceptors (Lipinski definition) is 1. The topological polar surface area (TPSA) is 26.0 Å². The van der Waals surface area contributed by atoms with E-state index in [0.717, 1.165) is 13.0 Å². The maximum Gasteiger partial charge on any atom is 0.0180 e. The summed E-state index contributed by atoms with van der Waals surface area (Å²) in [6.07, 6.45) is 3.74. The normalized spacial score (nSPS) is 18.2. The van der Waals surface area contributed by atoms with Gasteiger partial charge < -0.3 is 5.73 Å². The van der Waals surface area contributed by atoms with Gasteiger partial charge >= 0.3 is 0 Å². The zero-order valence-electron chi connectivity index (χ0n) is 8.52. The van der Waals surface area contributed by atoms with Gasteiger partial charge in [0, 0.05) is 4.47 Å². The molecule has 1 fully saturated rings. The van der Waals surface area contributed by atoms with Gasteiger partial charge in [-0.15, -0.1) is 0 Å². The average Bonchev–Trinajstić information content (AvgIpc) is 2.83. The fourth-order valence-corrected chi connectivity index (χ4v) is 2.63. The number of aryl methyl sites for hydroxylation is 1. The smallest absolute Gasteiger partial charge is 0.0180 e. The van der Waals surface area contributed by atoms with Crippen LogP contribution in [-0.2, 0) is 6.42 Å². The van der Waals surface area contributed by atoms with Crippen molar-refractivity contribution in [3.8, 4) is 0 Å². The molecule has 0 spiro atoms. The van der Waals surface area contributed by atoms with E-state index in [0.29, 0.717) is 5.41 Å². The van der Waals surface area contributed by atoms with Gasteiger partial charge in [-0.25, -0.2) is 0 Å². The third-order valence-electron chi connectivity index (χ3n) is 3.07. The highest BCUT2D eigenvalue weighted by Gasteiger charge is 2.40. The predicted molar refractivity (Wildman–Crippen MR) is 63.3 cm³/mol. The van der Waals surface area contributed by atoms with Crippen LogP contribution in [0.2, 0.25) is 0 Å². The summed E-state index contributed by atoms with van der Waals surface area (Å²) < 4.78 is 1.18. The average molecular weight is 254 g/mol. The van der Waals surface area contributed by atoms with Gasteiger partial charge in [-0.05, 0) is 61.4 Å². The Labute approximate surface area is 93.8 Å². The molecular weight excluding hydrogens is 238 g/mol. The van der Waals surface area contributed by atoms with Crippen molar-refractivity contribution in [2.45, 2.75) is 26.2 Å². The fourth-order valence-electron chi connectivity index (χ4n) is 1.98. The molecule has 0 atom stereocenters. The van der Waals surface area contributed by atoms with Crippen LogP contribution in [0.15, 0.2) is 22.7 Å². The number of nitrogens with two attached hydrogens (primary N) is 1. The lowest BCUT2D eigenvalue weighted by Gasteiger charge is -2.12. The fraction of sp³-hybridized carbons (Fsp3) is 0.500. The van der Waals surface area contributed by atoms with Crippen molar-refractivity contribution in [2.75, 3.05) is 6.54 Å². The van der Waals surface area contributed by atoms with Gasteiger partial charge in [0.05, 0.1) is 0 Å². The minimum Gasteiger partial charge on any atom is -0.330 e. The molecule has 1 aromatic rings. The molecule has 1 aliphatic carbocycles. The molecule has 2 heteroatoms. The molecule has 0 saturated heterocycles. The number of benzene rings is 1. The molecule has 0 aromatic heterocycles. The molecule has 1 nitrogen and oxygen atoms in total. The predicted octanol–water partition coefficient (Wildman–Crippen LogP) is 3.04. The Bertz CT molecular complexity index is 322. The molecule has 0 heterocycles. The van der Waals surface area contributed by atoms with Gasteiger partial charge in [-0.1, -0.05) is 22.0 Å². The zero-order chi connectivity index (χ0) is 10.2. The van der Waals surface area contributed by atoms with Crippen molar-refractivity contribution in [2.24, 2.45) is 11.1 Å². The SMILES string of the molecule is Cc1cc(Br)cc(CC2(CN)CC2)c1. The van der Waals surface area contributed by atoms with Crippen LogP contribution in [0.3, 0.4) is 0 Å². The molecule has 14 heavy (non-hydrogen) atoms. The number of halogens is 1. The van der Waals surface area contributed by atoms with Crippen LogP contribution < -0.4 is 5.73 Å². The molecule has 0 amide bonds. The Morgan fingerprint density at radius 3 is 2.57 bits per heavy atom. The van der Waals surface area contributed by atoms with Gasteiger partial charge in [0.1, 0.15) is 0 Å². The van der Waals surface area contributed by atoms with Gasteiger partial charge in [0.2, 0.25) is 0 Å². The number of rotatable bonds is 3. The third-order valence-corrected chi connectivity index (χ3v) is 3.53. The maximum atomic E-state index is 5.78. The standard InChI is InChI=1S/C12H16BrN/c1-9-4-10(6-11(13)5-9)7-12(8-14)2-3-12/h4-6H,2-3,7-8,14H2,1H3. The molecule has 1 aromatic carbocycles. The third kappa shape index (κ3) is 2.18. The number of hydrogen-bond donors (Lipinski definition) is 1. The van der Waals surface area contributed by atoms with Crippen molar-refractivity contribution >= 4 is 15.9 Å². The molecule has 1 saturated carbocycles. The minimum atomic E-state index is 0.438. The van der Waals surface area contributed by atoms with Crippen LogP contribution in [0.5, 0.6) is 0 Å². The largest absolute Gasteiger partial charge is 0.330 e. The van der Waals surface area contributed by atoms with E-state index in [-0.39, 0.29) is 0 Å². The van der Waals surface area contributed by atoms with Gasteiger partial charge in [0.15, 0.2) is 0 Å². The Morgan fingerprint density at radius 2 is 2.07 bits per heavy atom. The first kappa shape index (κ1) is 10.2. The van der Waals surface area contributed by atoms with Crippen LogP contribution in [0.1, 0.15) is 24.0 Å². The summed E-state index contributed by atoms with van der Waals surface area (Å²) in [4.78, 5) is 0. The molecule has 1 aliphatic rings. The van der Waals surface area contributed by atoms with E-state index in [2.05, 4.69) is 41.1 Å². The molecular formula is C12H16BrN. The quantitative estimate of drug-likeness (QED) is 0.881. The summed E-state index contributed by atoms with van der Waals surface area (Å²) in [7, 11) is 0. The Balaban J connectivity index is 2.16. The second-order valence-electron chi connectivity index (χ2n) is 4.52. The molecule has 76 valence electrons. The second-order valence-corrected chi connectivity index (χ2v) is 5.43. The summed E-state index contributed by atoms with van der Waals surface area (Å²) in [5, 5.41) is 0. The summed E-state index contributed by atoms with van der Waals surface area (Å²) in [5.74, 6) is 0. The van der Waals surface area contributed by atoms with Crippen LogP contribution >= 0.6 is 15.9 Å². The second kappa shape index (κ2) is 3.67. The molecule has 0 radical (unpaired) electrons. The van der Waals surface area contributed by atoms with Crippen molar-refractivity contribution in [3.05, 3.63) is 33.8 Å². The molecule has 2 N–H and O–H groups in total. The monoisotopic (exact) mass is 253 g/mol. The first-order chi connectivity index (χ1) is 6.63. The lowest BCUT2D eigenvalue weighted by atomic mass is 9.96. The van der Waals surface area contributed by atoms with E-state index < -0.39 is 0 Å². The van der Waals surface area contributed by atoms with E-state index in [1.54, 1.807) is 0 Å². The minimum absolute atomic E-state index is 0.438. The maximum absolute atomic E-state index is 5.78. The van der Waals surface area contributed by atoms with E-state index in [9.17, 15) is 0 Å². The molecule has 2 rings (SSSR count). The van der Waals surface area contributed by atoms with Crippen molar-refractivity contribution in [1.82, 2.24) is 0 Å². The first-order valence-corrected chi connectivity index (χ1v) is 5.89. The lowest BCUT2D eigenvalue weighted by molar-refractivity contribution is 0.521. The lowest BCUT2D eigenvalue weighted by Crippen LogP contribution is -2.17. The van der Waals surface area contributed by atoms with E-state index in [1.807, 2.05) is 0 Å². The van der Waals surface area contributed by atoms with E-state index in [1.165, 1.54) is 28.4 Å². The van der Waals surface area contributed by atoms with Crippen LogP contribution in [0.4, 0.5) is 0 Å². The van der Waals surface area contributed by atoms with Crippen molar-refractivity contribution in [1.29, 1.82) is 0 Å². The van der Waals surface area contributed by atoms with Crippen LogP contribution in [-0.4, -0.2) is 6.54 Å². The molecule has 0 aliphatic heterocycles. The van der Waals surface area contributed by atoms with Gasteiger partial charge in [0.25, 0.3) is 0 Å². The summed E-state index contributed by atoms with van der Waals surface area (Å²) in [6, 6.07) is 6.62. The van der Waals surface area contributed by atoms with E-state index in [4.69, 9.17) is 5.73 Å². The van der Waals surface area contributed by atoms with Gasteiger partial charge in [-0.2, -0.15) is 0 Å². The highest BCUT2D eigenvalue weighted by Crippen LogP contribution is 2.47. The van der Waals surface area contributed by atoms with E-state index >= 15 is 0 Å². The molecule has 0 unspecified atom stereocenters. The summed E-state index contributed by atoms with van der Waals surface area (Å²) in [6.45, 7) is 2.97. The Hall–Kier alpha value is -0.340. The highest BCUT2D eigenvalue weighted by molar-refractivity contribution is 9.10.